The Morgan fingerprint density at radius 3 is 1.88 bits per heavy atom. The second-order valence-electron chi connectivity index (χ2n) is 7.29. The Bertz CT molecular complexity index is 470. The van der Waals surface area contributed by atoms with Crippen molar-refractivity contribution in [1.29, 1.82) is 0 Å². The Labute approximate surface area is 159 Å². The van der Waals surface area contributed by atoms with Crippen LogP contribution in [0.1, 0.15) is 108 Å². The molecular formula is C23H37FO2. The highest BCUT2D eigenvalue weighted by Gasteiger charge is 2.15. The van der Waals surface area contributed by atoms with Crippen molar-refractivity contribution in [3.63, 3.8) is 0 Å². The summed E-state index contributed by atoms with van der Waals surface area (Å²) in [4.78, 5) is 12.2. The first-order valence-corrected chi connectivity index (χ1v) is 10.6. The van der Waals surface area contributed by atoms with Crippen molar-refractivity contribution in [2.75, 3.05) is 0 Å². The van der Waals surface area contributed by atoms with E-state index in [9.17, 15) is 9.18 Å². The number of unbranched alkanes of at least 4 members (excludes halogenated alkanes) is 9. The van der Waals surface area contributed by atoms with Gasteiger partial charge in [0.05, 0.1) is 5.56 Å². The van der Waals surface area contributed by atoms with Gasteiger partial charge in [0.25, 0.3) is 0 Å². The van der Waals surface area contributed by atoms with Crippen LogP contribution in [-0.2, 0) is 4.74 Å². The second-order valence-corrected chi connectivity index (χ2v) is 7.29. The van der Waals surface area contributed by atoms with E-state index in [2.05, 4.69) is 13.8 Å². The van der Waals surface area contributed by atoms with Crippen LogP contribution in [0.5, 0.6) is 0 Å². The molecule has 0 spiro atoms. The molecule has 1 atom stereocenters. The SMILES string of the molecule is CCCCCCCCCCCCC(CCC)OC(=O)c1ccc(F)cc1. The summed E-state index contributed by atoms with van der Waals surface area (Å²) in [5.41, 5.74) is 0.426. The summed E-state index contributed by atoms with van der Waals surface area (Å²) in [6, 6.07) is 5.57. The average molecular weight is 365 g/mol. The van der Waals surface area contributed by atoms with E-state index in [1.807, 2.05) is 0 Å². The van der Waals surface area contributed by atoms with Crippen LogP contribution >= 0.6 is 0 Å². The minimum atomic E-state index is -0.337. The molecule has 1 aromatic rings. The van der Waals surface area contributed by atoms with Gasteiger partial charge in [0.1, 0.15) is 11.9 Å². The molecule has 0 bridgehead atoms. The molecule has 0 aliphatic carbocycles. The third-order valence-electron chi connectivity index (χ3n) is 4.84. The van der Waals surface area contributed by atoms with E-state index in [1.54, 1.807) is 0 Å². The maximum absolute atomic E-state index is 13.0. The van der Waals surface area contributed by atoms with Gasteiger partial charge in [0.2, 0.25) is 0 Å². The number of carbonyl (C=O) groups excluding carboxylic acids is 1. The second kappa shape index (κ2) is 14.8. The monoisotopic (exact) mass is 364 g/mol. The standard InChI is InChI=1S/C23H37FO2/c1-3-5-6-7-8-9-10-11-12-13-15-22(14-4-2)26-23(25)20-16-18-21(24)19-17-20/h16-19,22H,3-15H2,1-2H3. The Kier molecular flexibility index (Phi) is 12.9. The maximum Gasteiger partial charge on any atom is 0.338 e. The number of rotatable bonds is 15. The van der Waals surface area contributed by atoms with Gasteiger partial charge in [-0.25, -0.2) is 9.18 Å². The van der Waals surface area contributed by atoms with Crippen molar-refractivity contribution in [2.45, 2.75) is 103 Å². The number of benzene rings is 1. The fraction of sp³-hybridized carbons (Fsp3) is 0.696. The summed E-state index contributed by atoms with van der Waals surface area (Å²) in [5, 5.41) is 0. The third kappa shape index (κ3) is 10.6. The van der Waals surface area contributed by atoms with E-state index in [1.165, 1.54) is 82.1 Å². The molecular weight excluding hydrogens is 327 g/mol. The lowest BCUT2D eigenvalue weighted by Crippen LogP contribution is -2.18. The third-order valence-corrected chi connectivity index (χ3v) is 4.84. The predicted molar refractivity (Wildman–Crippen MR) is 107 cm³/mol. The molecule has 1 aromatic carbocycles. The van der Waals surface area contributed by atoms with Gasteiger partial charge in [0.15, 0.2) is 0 Å². The van der Waals surface area contributed by atoms with Crippen LogP contribution in [0.25, 0.3) is 0 Å². The van der Waals surface area contributed by atoms with Crippen molar-refractivity contribution in [3.05, 3.63) is 35.6 Å². The van der Waals surface area contributed by atoms with Gasteiger partial charge in [-0.3, -0.25) is 0 Å². The number of ether oxygens (including phenoxy) is 1. The van der Waals surface area contributed by atoms with Gasteiger partial charge < -0.3 is 4.74 Å². The minimum absolute atomic E-state index is 0.0217. The molecule has 0 saturated carbocycles. The van der Waals surface area contributed by atoms with Crippen molar-refractivity contribution >= 4 is 5.97 Å². The molecule has 0 N–H and O–H groups in total. The minimum Gasteiger partial charge on any atom is -0.459 e. The molecule has 26 heavy (non-hydrogen) atoms. The summed E-state index contributed by atoms with van der Waals surface area (Å²) >= 11 is 0. The Morgan fingerprint density at radius 1 is 0.808 bits per heavy atom. The van der Waals surface area contributed by atoms with Crippen LogP contribution < -0.4 is 0 Å². The molecule has 3 heteroatoms. The fourth-order valence-corrected chi connectivity index (χ4v) is 3.25. The summed E-state index contributed by atoms with van der Waals surface area (Å²) in [7, 11) is 0. The summed E-state index contributed by atoms with van der Waals surface area (Å²) < 4.78 is 18.6. The fourth-order valence-electron chi connectivity index (χ4n) is 3.25. The maximum atomic E-state index is 13.0. The highest BCUT2D eigenvalue weighted by Crippen LogP contribution is 2.17. The van der Waals surface area contributed by atoms with E-state index >= 15 is 0 Å². The zero-order valence-electron chi connectivity index (χ0n) is 16.8. The lowest BCUT2D eigenvalue weighted by Gasteiger charge is -2.17. The predicted octanol–water partition coefficient (Wildman–Crippen LogP) is 7.46. The van der Waals surface area contributed by atoms with Crippen LogP contribution in [0, 0.1) is 5.82 Å². The Hall–Kier alpha value is -1.38. The number of carbonyl (C=O) groups is 1. The first-order valence-electron chi connectivity index (χ1n) is 10.6. The van der Waals surface area contributed by atoms with E-state index < -0.39 is 0 Å². The number of esters is 1. The normalized spacial score (nSPS) is 12.1. The van der Waals surface area contributed by atoms with E-state index in [4.69, 9.17) is 4.74 Å². The largest absolute Gasteiger partial charge is 0.459 e. The lowest BCUT2D eigenvalue weighted by atomic mass is 10.0. The van der Waals surface area contributed by atoms with Gasteiger partial charge in [-0.1, -0.05) is 78.1 Å². The highest BCUT2D eigenvalue weighted by atomic mass is 19.1. The molecule has 0 heterocycles. The van der Waals surface area contributed by atoms with Gasteiger partial charge in [-0.15, -0.1) is 0 Å². The Balaban J connectivity index is 2.16. The average Bonchev–Trinajstić information content (AvgIpc) is 2.63. The summed E-state index contributed by atoms with van der Waals surface area (Å²) in [6.07, 6.45) is 15.9. The molecule has 0 aliphatic rings. The molecule has 148 valence electrons. The van der Waals surface area contributed by atoms with Crippen molar-refractivity contribution in [1.82, 2.24) is 0 Å². The van der Waals surface area contributed by atoms with E-state index in [0.29, 0.717) is 5.56 Å². The first kappa shape index (κ1) is 22.7. The quantitative estimate of drug-likeness (QED) is 0.238. The molecule has 0 fully saturated rings. The van der Waals surface area contributed by atoms with Gasteiger partial charge in [-0.05, 0) is 43.5 Å². The lowest BCUT2D eigenvalue weighted by molar-refractivity contribution is 0.0253. The Morgan fingerprint density at radius 2 is 1.35 bits per heavy atom. The van der Waals surface area contributed by atoms with Crippen LogP contribution in [0.2, 0.25) is 0 Å². The molecule has 0 aromatic heterocycles. The first-order chi connectivity index (χ1) is 12.7. The van der Waals surface area contributed by atoms with Crippen LogP contribution in [0.4, 0.5) is 4.39 Å². The molecule has 1 rings (SSSR count). The zero-order valence-corrected chi connectivity index (χ0v) is 16.8. The molecule has 0 amide bonds. The highest BCUT2D eigenvalue weighted by molar-refractivity contribution is 5.89. The van der Waals surface area contributed by atoms with Crippen molar-refractivity contribution in [3.8, 4) is 0 Å². The number of hydrogen-bond acceptors (Lipinski definition) is 2. The van der Waals surface area contributed by atoms with Gasteiger partial charge in [0, 0.05) is 0 Å². The van der Waals surface area contributed by atoms with E-state index in [0.717, 1.165) is 25.7 Å². The molecule has 1 unspecified atom stereocenters. The molecule has 0 radical (unpaired) electrons. The van der Waals surface area contributed by atoms with Gasteiger partial charge >= 0.3 is 5.97 Å². The van der Waals surface area contributed by atoms with Crippen LogP contribution in [0.15, 0.2) is 24.3 Å². The van der Waals surface area contributed by atoms with E-state index in [-0.39, 0.29) is 17.9 Å². The molecule has 0 saturated heterocycles. The number of halogens is 1. The van der Waals surface area contributed by atoms with Crippen LogP contribution in [-0.4, -0.2) is 12.1 Å². The summed E-state index contributed by atoms with van der Waals surface area (Å²) in [5.74, 6) is -0.674. The molecule has 2 nitrogen and oxygen atoms in total. The van der Waals surface area contributed by atoms with Crippen molar-refractivity contribution in [2.24, 2.45) is 0 Å². The molecule has 0 aliphatic heterocycles. The van der Waals surface area contributed by atoms with Gasteiger partial charge in [-0.2, -0.15) is 0 Å². The van der Waals surface area contributed by atoms with Crippen LogP contribution in [0.3, 0.4) is 0 Å². The van der Waals surface area contributed by atoms with Crippen molar-refractivity contribution < 1.29 is 13.9 Å². The summed E-state index contributed by atoms with van der Waals surface area (Å²) in [6.45, 7) is 4.36. The zero-order chi connectivity index (χ0) is 19.0. The smallest absolute Gasteiger partial charge is 0.338 e. The number of hydrogen-bond donors (Lipinski definition) is 0. The topological polar surface area (TPSA) is 26.3 Å².